The van der Waals surface area contributed by atoms with E-state index in [1.54, 1.807) is 48.5 Å². The van der Waals surface area contributed by atoms with Crippen LogP contribution in [0.3, 0.4) is 0 Å². The second kappa shape index (κ2) is 10.2. The largest absolute Gasteiger partial charge is 0.472 e. The summed E-state index contributed by atoms with van der Waals surface area (Å²) in [5.74, 6) is 0.310. The van der Waals surface area contributed by atoms with E-state index in [0.29, 0.717) is 29.4 Å². The van der Waals surface area contributed by atoms with Crippen LogP contribution in [0.25, 0.3) is 0 Å². The van der Waals surface area contributed by atoms with E-state index in [1.165, 1.54) is 0 Å². The molecule has 3 aromatic carbocycles. The Kier molecular flexibility index (Phi) is 6.75. The molecule has 0 atom stereocenters. The summed E-state index contributed by atoms with van der Waals surface area (Å²) in [5.41, 5.74) is 9.23. The van der Waals surface area contributed by atoms with Gasteiger partial charge in [0.25, 0.3) is 5.91 Å². The molecule has 33 heavy (non-hydrogen) atoms. The van der Waals surface area contributed by atoms with Gasteiger partial charge >= 0.3 is 6.09 Å². The summed E-state index contributed by atoms with van der Waals surface area (Å²) in [7, 11) is 0. The average molecular weight is 444 g/mol. The molecule has 0 aromatic heterocycles. The first-order valence-corrected chi connectivity index (χ1v) is 10.4. The van der Waals surface area contributed by atoms with Crippen molar-refractivity contribution >= 4 is 29.1 Å². The third-order valence-electron chi connectivity index (χ3n) is 4.98. The summed E-state index contributed by atoms with van der Waals surface area (Å²) in [4.78, 5) is 26.4. The maximum atomic E-state index is 12.4. The molecule has 3 aromatic rings. The monoisotopic (exact) mass is 444 g/mol. The van der Waals surface area contributed by atoms with Crippen molar-refractivity contribution in [3.8, 4) is 0 Å². The van der Waals surface area contributed by atoms with E-state index >= 15 is 0 Å². The van der Waals surface area contributed by atoms with E-state index in [0.717, 1.165) is 11.3 Å². The molecule has 0 aliphatic carbocycles. The molecule has 8 heteroatoms. The number of nitrogens with zero attached hydrogens (tertiary/aromatic N) is 1. The van der Waals surface area contributed by atoms with E-state index in [9.17, 15) is 9.59 Å². The van der Waals surface area contributed by atoms with Crippen LogP contribution in [-0.4, -0.2) is 25.3 Å². The molecular formula is C25H24N4O4. The van der Waals surface area contributed by atoms with E-state index in [1.807, 2.05) is 41.4 Å². The fourth-order valence-electron chi connectivity index (χ4n) is 3.19. The first-order valence-electron chi connectivity index (χ1n) is 10.4. The number of benzene rings is 3. The van der Waals surface area contributed by atoms with Gasteiger partial charge in [-0.2, -0.15) is 0 Å². The van der Waals surface area contributed by atoms with E-state index in [-0.39, 0.29) is 19.1 Å². The highest BCUT2D eigenvalue weighted by atomic mass is 16.6. The number of ether oxygens (including phenoxy) is 2. The van der Waals surface area contributed by atoms with Gasteiger partial charge in [-0.1, -0.05) is 42.5 Å². The summed E-state index contributed by atoms with van der Waals surface area (Å²) in [6, 6.07) is 23.8. The number of alkyl carbamates (subject to hydrolysis) is 1. The lowest BCUT2D eigenvalue weighted by atomic mass is 10.1. The number of para-hydroxylation sites is 3. The summed E-state index contributed by atoms with van der Waals surface area (Å²) in [5, 5.41) is 5.47. The summed E-state index contributed by atoms with van der Waals surface area (Å²) in [6.45, 7) is 0.681. The van der Waals surface area contributed by atoms with Crippen molar-refractivity contribution in [2.24, 2.45) is 0 Å². The van der Waals surface area contributed by atoms with E-state index in [2.05, 4.69) is 10.6 Å². The number of hydrogen-bond acceptors (Lipinski definition) is 6. The number of amides is 2. The zero-order valence-corrected chi connectivity index (χ0v) is 17.9. The average Bonchev–Trinajstić information content (AvgIpc) is 3.33. The van der Waals surface area contributed by atoms with Gasteiger partial charge < -0.3 is 30.7 Å². The second-order valence-electron chi connectivity index (χ2n) is 7.34. The number of rotatable bonds is 7. The topological polar surface area (TPSA) is 106 Å². The van der Waals surface area contributed by atoms with Crippen LogP contribution in [0.2, 0.25) is 0 Å². The molecule has 168 valence electrons. The molecule has 0 saturated carbocycles. The number of nitrogen functional groups attached to an aromatic ring is 1. The molecule has 1 heterocycles. The van der Waals surface area contributed by atoms with Gasteiger partial charge in [-0.25, -0.2) is 4.79 Å². The van der Waals surface area contributed by atoms with Crippen LogP contribution >= 0.6 is 0 Å². The Morgan fingerprint density at radius 2 is 1.70 bits per heavy atom. The normalized spacial score (nSPS) is 12.5. The molecule has 0 spiro atoms. The Morgan fingerprint density at radius 3 is 2.45 bits per heavy atom. The van der Waals surface area contributed by atoms with Crippen molar-refractivity contribution < 1.29 is 19.1 Å². The van der Waals surface area contributed by atoms with Gasteiger partial charge in [-0.3, -0.25) is 4.79 Å². The summed E-state index contributed by atoms with van der Waals surface area (Å²) < 4.78 is 10.8. The fraction of sp³-hybridized carbons (Fsp3) is 0.120. The van der Waals surface area contributed by atoms with Gasteiger partial charge in [0, 0.05) is 24.0 Å². The number of anilines is 3. The molecule has 0 fully saturated rings. The zero-order chi connectivity index (χ0) is 23.0. The van der Waals surface area contributed by atoms with Crippen molar-refractivity contribution in [2.75, 3.05) is 29.3 Å². The highest BCUT2D eigenvalue weighted by Crippen LogP contribution is 2.21. The lowest BCUT2D eigenvalue weighted by molar-refractivity contribution is 0.102. The molecule has 0 bridgehead atoms. The third kappa shape index (κ3) is 5.82. The Labute approximate surface area is 191 Å². The smallest absolute Gasteiger partial charge is 0.407 e. The van der Waals surface area contributed by atoms with Crippen molar-refractivity contribution in [1.29, 1.82) is 0 Å². The van der Waals surface area contributed by atoms with Crippen molar-refractivity contribution in [3.63, 3.8) is 0 Å². The Morgan fingerprint density at radius 1 is 0.970 bits per heavy atom. The van der Waals surface area contributed by atoms with Crippen LogP contribution < -0.4 is 21.3 Å². The lowest BCUT2D eigenvalue weighted by Gasteiger charge is -2.12. The van der Waals surface area contributed by atoms with Gasteiger partial charge in [-0.15, -0.1) is 0 Å². The minimum Gasteiger partial charge on any atom is -0.472 e. The predicted octanol–water partition coefficient (Wildman–Crippen LogP) is 4.08. The molecule has 0 unspecified atom stereocenters. The van der Waals surface area contributed by atoms with Crippen molar-refractivity contribution in [1.82, 2.24) is 5.32 Å². The van der Waals surface area contributed by atoms with Crippen molar-refractivity contribution in [2.45, 2.75) is 6.54 Å². The number of nitrogens with one attached hydrogen (secondary N) is 2. The third-order valence-corrected chi connectivity index (χ3v) is 4.98. The molecule has 4 rings (SSSR count). The summed E-state index contributed by atoms with van der Waals surface area (Å²) >= 11 is 0. The first kappa shape index (κ1) is 21.8. The second-order valence-corrected chi connectivity index (χ2v) is 7.34. The lowest BCUT2D eigenvalue weighted by Crippen LogP contribution is -2.24. The fourth-order valence-corrected chi connectivity index (χ4v) is 3.19. The van der Waals surface area contributed by atoms with Crippen molar-refractivity contribution in [3.05, 3.63) is 102 Å². The maximum Gasteiger partial charge on any atom is 0.407 e. The molecule has 4 N–H and O–H groups in total. The minimum absolute atomic E-state index is 0.0386. The maximum absolute atomic E-state index is 12.4. The summed E-state index contributed by atoms with van der Waals surface area (Å²) in [6.07, 6.45) is 1.26. The Balaban J connectivity index is 1.22. The van der Waals surface area contributed by atoms with E-state index < -0.39 is 6.09 Å². The van der Waals surface area contributed by atoms with Crippen LogP contribution in [0, 0.1) is 0 Å². The van der Waals surface area contributed by atoms with Gasteiger partial charge in [-0.05, 0) is 42.0 Å². The van der Waals surface area contributed by atoms with E-state index in [4.69, 9.17) is 15.2 Å². The number of carbonyl (C=O) groups excluding carboxylic acids is 2. The molecule has 0 radical (unpaired) electrons. The van der Waals surface area contributed by atoms with Crippen LogP contribution in [0.15, 0.2) is 90.8 Å². The van der Waals surface area contributed by atoms with Gasteiger partial charge in [0.05, 0.1) is 11.4 Å². The van der Waals surface area contributed by atoms with Crippen LogP contribution in [0.5, 0.6) is 0 Å². The quantitative estimate of drug-likeness (QED) is 0.474. The van der Waals surface area contributed by atoms with Crippen LogP contribution in [0.1, 0.15) is 15.9 Å². The van der Waals surface area contributed by atoms with Crippen LogP contribution in [0.4, 0.5) is 21.9 Å². The highest BCUT2D eigenvalue weighted by molar-refractivity contribution is 6.05. The molecule has 1 aliphatic heterocycles. The Bertz CT molecular complexity index is 1150. The molecule has 1 aliphatic rings. The van der Waals surface area contributed by atoms with Gasteiger partial charge in [0.2, 0.25) is 0 Å². The minimum atomic E-state index is -0.556. The highest BCUT2D eigenvalue weighted by Gasteiger charge is 2.16. The van der Waals surface area contributed by atoms with Crippen LogP contribution in [-0.2, 0) is 16.0 Å². The molecule has 0 saturated heterocycles. The number of carbonyl (C=O) groups is 2. The SMILES string of the molecule is Nc1ccccc1NC(=O)c1ccc(CNC(=O)OCC2=CN(c3ccccc3)CO2)cc1. The standard InChI is InChI=1S/C25H24N4O4/c26-22-8-4-5-9-23(22)28-24(30)19-12-10-18(11-13-19)14-27-25(31)32-16-21-15-29(17-33-21)20-6-2-1-3-7-20/h1-13,15H,14,16-17,26H2,(H,27,31)(H,28,30). The first-order chi connectivity index (χ1) is 16.1. The molecular weight excluding hydrogens is 420 g/mol. The number of nitrogens with two attached hydrogens (primary N) is 1. The predicted molar refractivity (Wildman–Crippen MR) is 126 cm³/mol. The molecule has 8 nitrogen and oxygen atoms in total. The molecule has 2 amide bonds. The van der Waals surface area contributed by atoms with Gasteiger partial charge in [0.1, 0.15) is 0 Å². The number of hydrogen-bond donors (Lipinski definition) is 3. The van der Waals surface area contributed by atoms with Gasteiger partial charge in [0.15, 0.2) is 19.1 Å². The zero-order valence-electron chi connectivity index (χ0n) is 17.9. The Hall–Kier alpha value is -4.46.